The molecule has 0 radical (unpaired) electrons. The number of carbonyl (C=O) groups excluding carboxylic acids is 1. The number of hydrogen-bond acceptors (Lipinski definition) is 9. The van der Waals surface area contributed by atoms with E-state index in [4.69, 9.17) is 9.72 Å². The molecule has 1 aliphatic heterocycles. The Balaban J connectivity index is 1.64. The molecule has 0 fully saturated rings. The molecule has 12 heteroatoms. The Morgan fingerprint density at radius 2 is 1.63 bits per heavy atom. The predicted molar refractivity (Wildman–Crippen MR) is 192 cm³/mol. The number of carbonyl (C=O) groups is 1. The Kier molecular flexibility index (Phi) is 10.0. The largest absolute Gasteiger partial charge is 0.475 e. The third-order valence-electron chi connectivity index (χ3n) is 8.14. The summed E-state index contributed by atoms with van der Waals surface area (Å²) < 4.78 is 36.3. The summed E-state index contributed by atoms with van der Waals surface area (Å²) in [5.74, 6) is 0.412. The van der Waals surface area contributed by atoms with E-state index in [1.165, 1.54) is 12.1 Å². The average molecular weight is 686 g/mol. The van der Waals surface area contributed by atoms with Crippen molar-refractivity contribution >= 4 is 27.7 Å². The molecule has 1 atom stereocenters. The Morgan fingerprint density at radius 3 is 2.31 bits per heavy atom. The van der Waals surface area contributed by atoms with Crippen LogP contribution in [0.1, 0.15) is 75.1 Å². The number of aromatic nitrogens is 4. The molecule has 11 nitrogen and oxygen atoms in total. The molecule has 260 valence electrons. The zero-order valence-corrected chi connectivity index (χ0v) is 30.7. The van der Waals surface area contributed by atoms with Crippen LogP contribution in [-0.2, 0) is 16.6 Å². The minimum atomic E-state index is -4.18. The molecule has 4 aromatic rings. The second-order valence-corrected chi connectivity index (χ2v) is 16.9. The summed E-state index contributed by atoms with van der Waals surface area (Å²) in [4.78, 5) is 36.7. The summed E-state index contributed by atoms with van der Waals surface area (Å²) in [5, 5.41) is 0. The zero-order chi connectivity index (χ0) is 35.7. The molecule has 0 unspecified atom stereocenters. The maximum Gasteiger partial charge on any atom is 0.264 e. The quantitative estimate of drug-likeness (QED) is 0.236. The number of fused-ring (bicyclic) bond motifs is 4. The van der Waals surface area contributed by atoms with Crippen LogP contribution in [0.4, 0.5) is 11.8 Å². The first-order valence-corrected chi connectivity index (χ1v) is 17.9. The second-order valence-electron chi connectivity index (χ2n) is 15.3. The van der Waals surface area contributed by atoms with Crippen LogP contribution >= 0.6 is 0 Å². The first kappa shape index (κ1) is 35.7. The predicted octanol–water partition coefficient (Wildman–Crippen LogP) is 6.67. The molecule has 3 heterocycles. The lowest BCUT2D eigenvalue weighted by molar-refractivity contribution is 0.0509. The lowest BCUT2D eigenvalue weighted by atomic mass is 9.87. The highest BCUT2D eigenvalue weighted by Crippen LogP contribution is 2.32. The maximum absolute atomic E-state index is 14.5. The minimum Gasteiger partial charge on any atom is -0.475 e. The second kappa shape index (κ2) is 13.7. The summed E-state index contributed by atoms with van der Waals surface area (Å²) in [7, 11) is -2.20. The van der Waals surface area contributed by atoms with Crippen molar-refractivity contribution < 1.29 is 17.9 Å². The molecule has 2 aromatic carbocycles. The van der Waals surface area contributed by atoms with Crippen molar-refractivity contribution in [3.05, 3.63) is 83.3 Å². The van der Waals surface area contributed by atoms with Crippen LogP contribution < -0.4 is 14.4 Å². The Hall–Kier alpha value is -4.58. The van der Waals surface area contributed by atoms with E-state index in [-0.39, 0.29) is 52.2 Å². The van der Waals surface area contributed by atoms with E-state index >= 15 is 0 Å². The summed E-state index contributed by atoms with van der Waals surface area (Å²) in [6, 6.07) is 13.2. The van der Waals surface area contributed by atoms with Gasteiger partial charge in [-0.15, -0.1) is 0 Å². The van der Waals surface area contributed by atoms with Crippen molar-refractivity contribution in [3.8, 4) is 17.1 Å². The Labute approximate surface area is 290 Å². The number of ether oxygens (including phenoxy) is 1. The number of amides is 1. The smallest absolute Gasteiger partial charge is 0.264 e. The van der Waals surface area contributed by atoms with Crippen LogP contribution in [-0.4, -0.2) is 65.4 Å². The van der Waals surface area contributed by atoms with Gasteiger partial charge in [0.05, 0.1) is 41.3 Å². The minimum absolute atomic E-state index is 0.0338. The van der Waals surface area contributed by atoms with Gasteiger partial charge in [-0.25, -0.2) is 23.1 Å². The van der Waals surface area contributed by atoms with E-state index in [2.05, 4.69) is 66.1 Å². The molecule has 4 bridgehead atoms. The van der Waals surface area contributed by atoms with Gasteiger partial charge in [0, 0.05) is 30.8 Å². The number of sulfonamides is 1. The number of rotatable bonds is 6. The van der Waals surface area contributed by atoms with Gasteiger partial charge in [-0.1, -0.05) is 65.8 Å². The summed E-state index contributed by atoms with van der Waals surface area (Å²) >= 11 is 0. The summed E-state index contributed by atoms with van der Waals surface area (Å²) in [6.07, 6.45) is 3.96. The van der Waals surface area contributed by atoms with Crippen LogP contribution in [0.25, 0.3) is 11.3 Å². The summed E-state index contributed by atoms with van der Waals surface area (Å²) in [5.41, 5.74) is 3.99. The SMILES string of the molecule is Cc1cccc(C)c1-c1cc2nc(n1)NS(=O)(=O)c1cccc(c1)C(=O)N(Cc1cncc(N(C)CC(C)(C)C)n1)[C@H](CC(C)(C)C)CO2. The molecule has 0 spiro atoms. The van der Waals surface area contributed by atoms with E-state index in [9.17, 15) is 13.2 Å². The number of anilines is 2. The van der Waals surface area contributed by atoms with Crippen LogP contribution in [0.15, 0.2) is 65.8 Å². The Bertz CT molecular complexity index is 1930. The van der Waals surface area contributed by atoms with E-state index in [0.29, 0.717) is 23.6 Å². The van der Waals surface area contributed by atoms with Crippen LogP contribution in [0.3, 0.4) is 0 Å². The zero-order valence-electron chi connectivity index (χ0n) is 29.9. The van der Waals surface area contributed by atoms with Crippen molar-refractivity contribution in [2.24, 2.45) is 10.8 Å². The lowest BCUT2D eigenvalue weighted by Crippen LogP contribution is -2.45. The van der Waals surface area contributed by atoms with Gasteiger partial charge in [0.15, 0.2) is 0 Å². The molecular weight excluding hydrogens is 639 g/mol. The molecule has 2 aromatic heterocycles. The van der Waals surface area contributed by atoms with E-state index < -0.39 is 16.1 Å². The lowest BCUT2D eigenvalue weighted by Gasteiger charge is -2.35. The van der Waals surface area contributed by atoms with Gasteiger partial charge in [-0.3, -0.25) is 9.78 Å². The van der Waals surface area contributed by atoms with E-state index in [1.807, 2.05) is 39.1 Å². The molecular formula is C37H47N7O4S. The number of hydrogen-bond donors (Lipinski definition) is 1. The monoisotopic (exact) mass is 685 g/mol. The number of aryl methyl sites for hydroxylation is 2. The number of nitrogens with one attached hydrogen (secondary N) is 1. The average Bonchev–Trinajstić information content (AvgIpc) is 3.00. The molecule has 1 aliphatic rings. The summed E-state index contributed by atoms with van der Waals surface area (Å²) in [6.45, 7) is 17.7. The van der Waals surface area contributed by atoms with Crippen molar-refractivity contribution in [1.29, 1.82) is 0 Å². The fraction of sp³-hybridized carbons (Fsp3) is 0.432. The van der Waals surface area contributed by atoms with Crippen LogP contribution in [0, 0.1) is 24.7 Å². The first-order valence-electron chi connectivity index (χ1n) is 16.4. The van der Waals surface area contributed by atoms with Gasteiger partial charge in [-0.2, -0.15) is 4.98 Å². The fourth-order valence-electron chi connectivity index (χ4n) is 6.17. The molecule has 0 saturated heterocycles. The molecule has 5 rings (SSSR count). The molecule has 49 heavy (non-hydrogen) atoms. The standard InChI is InChI=1S/C37H47N7O4S/c1-24-12-10-13-25(2)33(24)30-17-32-41-35(40-30)42-49(46,47)29-15-11-14-26(16-29)34(45)44(28(22-48-32)18-36(3,4)5)21-27-19-38-20-31(39-27)43(9)23-37(6,7)8/h10-17,19-20,28H,18,21-23H2,1-9H3,(H,40,41,42)/t28-/m1/s1. The topological polar surface area (TPSA) is 131 Å². The van der Waals surface area contributed by atoms with Crippen molar-refractivity contribution in [1.82, 2.24) is 24.8 Å². The van der Waals surface area contributed by atoms with Crippen LogP contribution in [0.2, 0.25) is 0 Å². The maximum atomic E-state index is 14.5. The van der Waals surface area contributed by atoms with Gasteiger partial charge < -0.3 is 14.5 Å². The molecule has 0 saturated carbocycles. The third-order valence-corrected chi connectivity index (χ3v) is 9.46. The van der Waals surface area contributed by atoms with E-state index in [0.717, 1.165) is 23.2 Å². The van der Waals surface area contributed by atoms with Crippen LogP contribution in [0.5, 0.6) is 5.88 Å². The highest BCUT2D eigenvalue weighted by molar-refractivity contribution is 7.92. The molecule has 0 aliphatic carbocycles. The van der Waals surface area contributed by atoms with Crippen molar-refractivity contribution in [2.45, 2.75) is 79.3 Å². The van der Waals surface area contributed by atoms with Gasteiger partial charge in [0.2, 0.25) is 11.8 Å². The van der Waals surface area contributed by atoms with Gasteiger partial charge in [0.1, 0.15) is 12.4 Å². The van der Waals surface area contributed by atoms with Gasteiger partial charge in [-0.05, 0) is 60.4 Å². The van der Waals surface area contributed by atoms with Crippen molar-refractivity contribution in [3.63, 3.8) is 0 Å². The number of benzene rings is 2. The third kappa shape index (κ3) is 8.91. The molecule has 1 amide bonds. The molecule has 1 N–H and O–H groups in total. The van der Waals surface area contributed by atoms with Gasteiger partial charge >= 0.3 is 0 Å². The Morgan fingerprint density at radius 1 is 0.939 bits per heavy atom. The van der Waals surface area contributed by atoms with Crippen molar-refractivity contribution in [2.75, 3.05) is 29.8 Å². The fourth-order valence-corrected chi connectivity index (χ4v) is 7.16. The highest BCUT2D eigenvalue weighted by atomic mass is 32.2. The normalized spacial score (nSPS) is 16.5. The van der Waals surface area contributed by atoms with E-state index in [1.54, 1.807) is 35.5 Å². The first-order chi connectivity index (χ1) is 22.9. The highest BCUT2D eigenvalue weighted by Gasteiger charge is 2.32. The van der Waals surface area contributed by atoms with Gasteiger partial charge in [0.25, 0.3) is 15.9 Å². The number of nitrogens with zero attached hydrogens (tertiary/aromatic N) is 6.